The van der Waals surface area contributed by atoms with Crippen molar-refractivity contribution < 1.29 is 27.9 Å². The second-order valence-corrected chi connectivity index (χ2v) is 8.87. The molecule has 2 aromatic rings. The van der Waals surface area contributed by atoms with E-state index in [1.807, 2.05) is 0 Å². The van der Waals surface area contributed by atoms with Gasteiger partial charge in [0, 0.05) is 41.0 Å². The summed E-state index contributed by atoms with van der Waals surface area (Å²) in [6, 6.07) is 4.09. The quantitative estimate of drug-likeness (QED) is 0.529. The number of ketones is 1. The number of carboxylic acid groups (broad SMARTS) is 1. The zero-order valence-electron chi connectivity index (χ0n) is 15.8. The molecule has 0 fully saturated rings. The number of carbonyl (C=O) groups excluding carboxylic acids is 2. The molecule has 1 aliphatic heterocycles. The number of fused-ring (bicyclic) bond motifs is 2. The number of aliphatic carboxylic acids is 1. The van der Waals surface area contributed by atoms with Crippen molar-refractivity contribution in [3.05, 3.63) is 46.3 Å². The topological polar surface area (TPSA) is 159 Å². The fraction of sp³-hybridized carbons (Fsp3) is 0.250. The summed E-state index contributed by atoms with van der Waals surface area (Å²) in [5.41, 5.74) is 3.30. The first kappa shape index (κ1) is 20.0. The minimum Gasteiger partial charge on any atom is -0.481 e. The van der Waals surface area contributed by atoms with Crippen LogP contribution >= 0.6 is 0 Å². The van der Waals surface area contributed by atoms with Crippen LogP contribution in [0, 0.1) is 0 Å². The Morgan fingerprint density at radius 1 is 1.23 bits per heavy atom. The second-order valence-electron chi connectivity index (χ2n) is 7.31. The molecule has 0 saturated carbocycles. The summed E-state index contributed by atoms with van der Waals surface area (Å²) in [5.74, 6) is -1.47. The van der Waals surface area contributed by atoms with Gasteiger partial charge in [0.25, 0.3) is 5.91 Å². The van der Waals surface area contributed by atoms with E-state index in [2.05, 4.69) is 10.3 Å². The normalized spacial score (nSPS) is 17.0. The summed E-state index contributed by atoms with van der Waals surface area (Å²) in [6.07, 6.45) is 3.26. The van der Waals surface area contributed by atoms with Crippen LogP contribution in [-0.2, 0) is 32.5 Å². The van der Waals surface area contributed by atoms with Gasteiger partial charge in [-0.1, -0.05) is 0 Å². The van der Waals surface area contributed by atoms with Crippen molar-refractivity contribution in [3.63, 3.8) is 0 Å². The second kappa shape index (κ2) is 7.22. The minimum atomic E-state index is -3.96. The molecule has 30 heavy (non-hydrogen) atoms. The third-order valence-electron chi connectivity index (χ3n) is 5.30. The zero-order valence-corrected chi connectivity index (χ0v) is 16.6. The van der Waals surface area contributed by atoms with E-state index in [0.29, 0.717) is 47.3 Å². The number of nitrogens with one attached hydrogen (secondary N) is 2. The number of aromatic nitrogens is 1. The zero-order chi connectivity index (χ0) is 21.6. The number of rotatable bonds is 5. The third-order valence-corrected chi connectivity index (χ3v) is 6.21. The highest BCUT2D eigenvalue weighted by Gasteiger charge is 2.29. The molecule has 1 aromatic carbocycles. The van der Waals surface area contributed by atoms with Crippen LogP contribution in [0.2, 0.25) is 0 Å². The Labute approximate surface area is 172 Å². The molecule has 0 atom stereocenters. The number of carbonyl (C=O) groups is 3. The van der Waals surface area contributed by atoms with Gasteiger partial charge in [0.2, 0.25) is 10.0 Å². The van der Waals surface area contributed by atoms with Crippen molar-refractivity contribution >= 4 is 45.0 Å². The molecule has 1 aliphatic carbocycles. The number of hydrogen-bond donors (Lipinski definition) is 4. The minimum absolute atomic E-state index is 0.0506. The predicted molar refractivity (Wildman–Crippen MR) is 108 cm³/mol. The molecule has 1 amide bonds. The van der Waals surface area contributed by atoms with Gasteiger partial charge in [-0.25, -0.2) is 13.6 Å². The molecule has 0 radical (unpaired) electrons. The summed E-state index contributed by atoms with van der Waals surface area (Å²) in [7, 11) is -3.96. The number of Topliss-reactive ketones (excluding diaryl/α,β-unsaturated/α-hetero) is 1. The van der Waals surface area contributed by atoms with E-state index in [4.69, 9.17) is 10.2 Å². The van der Waals surface area contributed by atoms with Crippen LogP contribution in [0.4, 0.5) is 5.69 Å². The lowest BCUT2D eigenvalue weighted by molar-refractivity contribution is -0.137. The molecule has 5 N–H and O–H groups in total. The summed E-state index contributed by atoms with van der Waals surface area (Å²) < 4.78 is 23.4. The number of benzene rings is 1. The van der Waals surface area contributed by atoms with Gasteiger partial charge in [-0.15, -0.1) is 0 Å². The van der Waals surface area contributed by atoms with Gasteiger partial charge in [-0.3, -0.25) is 14.4 Å². The molecule has 4 rings (SSSR count). The van der Waals surface area contributed by atoms with Gasteiger partial charge in [0.1, 0.15) is 0 Å². The highest BCUT2D eigenvalue weighted by Crippen LogP contribution is 2.36. The number of sulfonamides is 1. The van der Waals surface area contributed by atoms with Crippen LogP contribution in [0.25, 0.3) is 11.6 Å². The van der Waals surface area contributed by atoms with Crippen LogP contribution in [0.5, 0.6) is 0 Å². The summed E-state index contributed by atoms with van der Waals surface area (Å²) in [4.78, 5) is 39.2. The molecule has 2 heterocycles. The van der Waals surface area contributed by atoms with E-state index in [1.165, 1.54) is 24.3 Å². The van der Waals surface area contributed by atoms with Crippen molar-refractivity contribution in [2.45, 2.75) is 37.0 Å². The maximum absolute atomic E-state index is 12.5. The molecular formula is C20H19N3O6S. The Morgan fingerprint density at radius 3 is 2.70 bits per heavy atom. The molecular weight excluding hydrogens is 410 g/mol. The lowest BCUT2D eigenvalue weighted by Gasteiger charge is -2.11. The van der Waals surface area contributed by atoms with E-state index in [0.717, 1.165) is 5.69 Å². The Bertz CT molecular complexity index is 1240. The molecule has 2 aliphatic rings. The Balaban J connectivity index is 1.85. The van der Waals surface area contributed by atoms with Crippen molar-refractivity contribution in [3.8, 4) is 0 Å². The standard InChI is InChI=1S/C20H19N3O6S/c21-30(28,29)10-4-6-14-12(8-10)13(20(27)23-14)9-16-11(5-7-18(25)26)19-15(22-16)2-1-3-17(19)24/h4,6,8-9,22H,1-3,5,7H2,(H,23,27)(H,25,26)(H2,21,28,29)/b13-9+. The monoisotopic (exact) mass is 429 g/mol. The van der Waals surface area contributed by atoms with E-state index < -0.39 is 21.9 Å². The number of H-pyrrole nitrogens is 1. The largest absolute Gasteiger partial charge is 0.481 e. The maximum atomic E-state index is 12.5. The number of anilines is 1. The molecule has 10 heteroatoms. The average molecular weight is 429 g/mol. The number of aryl methyl sites for hydroxylation is 1. The van der Waals surface area contributed by atoms with Crippen LogP contribution < -0.4 is 10.5 Å². The Hall–Kier alpha value is -3.24. The van der Waals surface area contributed by atoms with Crippen LogP contribution in [0.3, 0.4) is 0 Å². The number of nitrogens with two attached hydrogens (primary N) is 1. The molecule has 0 unspecified atom stereocenters. The summed E-state index contributed by atoms with van der Waals surface area (Å²) in [6.45, 7) is 0. The van der Waals surface area contributed by atoms with Crippen molar-refractivity contribution in [1.29, 1.82) is 0 Å². The first-order chi connectivity index (χ1) is 14.1. The average Bonchev–Trinajstić information content (AvgIpc) is 3.17. The molecule has 9 nitrogen and oxygen atoms in total. The molecule has 0 bridgehead atoms. The SMILES string of the molecule is NS(=O)(=O)c1ccc2c(c1)/C(=C\c1[nH]c3c(c1CCC(=O)O)C(=O)CCC3)C(=O)N2. The van der Waals surface area contributed by atoms with Crippen molar-refractivity contribution in [2.75, 3.05) is 5.32 Å². The Morgan fingerprint density at radius 2 is 2.00 bits per heavy atom. The van der Waals surface area contributed by atoms with Gasteiger partial charge in [0.15, 0.2) is 5.78 Å². The molecule has 1 aromatic heterocycles. The Kier molecular flexibility index (Phi) is 4.83. The van der Waals surface area contributed by atoms with E-state index >= 15 is 0 Å². The fourth-order valence-corrected chi connectivity index (χ4v) is 4.48. The van der Waals surface area contributed by atoms with E-state index in [1.54, 1.807) is 0 Å². The smallest absolute Gasteiger partial charge is 0.303 e. The molecule has 0 saturated heterocycles. The lowest BCUT2D eigenvalue weighted by Crippen LogP contribution is -2.12. The van der Waals surface area contributed by atoms with Crippen molar-refractivity contribution in [2.24, 2.45) is 5.14 Å². The number of carboxylic acids is 1. The van der Waals surface area contributed by atoms with Crippen LogP contribution in [0.1, 0.15) is 52.1 Å². The van der Waals surface area contributed by atoms with Crippen LogP contribution in [-0.4, -0.2) is 36.2 Å². The maximum Gasteiger partial charge on any atom is 0.303 e. The van der Waals surface area contributed by atoms with Gasteiger partial charge in [-0.2, -0.15) is 0 Å². The number of primary sulfonamides is 1. The summed E-state index contributed by atoms with van der Waals surface area (Å²) in [5, 5.41) is 17.0. The predicted octanol–water partition coefficient (Wildman–Crippen LogP) is 1.69. The highest BCUT2D eigenvalue weighted by molar-refractivity contribution is 7.89. The number of hydrogen-bond acceptors (Lipinski definition) is 5. The van der Waals surface area contributed by atoms with Crippen molar-refractivity contribution in [1.82, 2.24) is 4.98 Å². The highest BCUT2D eigenvalue weighted by atomic mass is 32.2. The van der Waals surface area contributed by atoms with Gasteiger partial charge in [-0.05, 0) is 49.1 Å². The number of amides is 1. The fourth-order valence-electron chi connectivity index (χ4n) is 3.94. The first-order valence-electron chi connectivity index (χ1n) is 9.34. The van der Waals surface area contributed by atoms with E-state index in [-0.39, 0.29) is 29.1 Å². The lowest BCUT2D eigenvalue weighted by atomic mass is 9.91. The molecule has 156 valence electrons. The molecule has 0 spiro atoms. The van der Waals surface area contributed by atoms with E-state index in [9.17, 15) is 22.8 Å². The third kappa shape index (κ3) is 3.55. The van der Waals surface area contributed by atoms with Crippen LogP contribution in [0.15, 0.2) is 23.1 Å². The van der Waals surface area contributed by atoms with Gasteiger partial charge in [0.05, 0.1) is 10.5 Å². The van der Waals surface area contributed by atoms with Gasteiger partial charge < -0.3 is 15.4 Å². The van der Waals surface area contributed by atoms with Gasteiger partial charge >= 0.3 is 5.97 Å². The first-order valence-corrected chi connectivity index (χ1v) is 10.9. The number of aromatic amines is 1. The summed E-state index contributed by atoms with van der Waals surface area (Å²) >= 11 is 0.